The van der Waals surface area contributed by atoms with Crippen molar-refractivity contribution in [3.63, 3.8) is 0 Å². The molecule has 1 atom stereocenters. The number of halogens is 1. The summed E-state index contributed by atoms with van der Waals surface area (Å²) in [5, 5.41) is -0.0964. The minimum absolute atomic E-state index is 0.0964. The highest BCUT2D eigenvalue weighted by molar-refractivity contribution is 6.20. The average Bonchev–Trinajstić information content (AvgIpc) is 2.41. The van der Waals surface area contributed by atoms with Gasteiger partial charge in [-0.05, 0) is 50.1 Å². The third-order valence-corrected chi connectivity index (χ3v) is 3.36. The monoisotopic (exact) mass is 289 g/mol. The Hall–Kier alpha value is -1.54. The fourth-order valence-electron chi connectivity index (χ4n) is 1.98. The van der Waals surface area contributed by atoms with Crippen molar-refractivity contribution in [1.82, 2.24) is 4.98 Å². The van der Waals surface area contributed by atoms with E-state index in [0.29, 0.717) is 6.42 Å². The molecule has 0 spiro atoms. The molecule has 0 amide bonds. The molecule has 0 aliphatic rings. The number of nitrogens with zero attached hydrogens (tertiary/aromatic N) is 1. The summed E-state index contributed by atoms with van der Waals surface area (Å²) in [7, 11) is 0. The lowest BCUT2D eigenvalue weighted by atomic mass is 10.1. The predicted octanol–water partition coefficient (Wildman–Crippen LogP) is 4.70. The van der Waals surface area contributed by atoms with Gasteiger partial charge in [0.1, 0.15) is 5.75 Å². The summed E-state index contributed by atoms with van der Waals surface area (Å²) in [5.74, 6) is 0.861. The minimum atomic E-state index is -0.0964. The molecule has 106 valence electrons. The lowest BCUT2D eigenvalue weighted by Crippen LogP contribution is -2.06. The Bertz CT molecular complexity index is 551. The second kappa shape index (κ2) is 6.76. The first-order chi connectivity index (χ1) is 9.54. The van der Waals surface area contributed by atoms with Crippen LogP contribution in [0.2, 0.25) is 0 Å². The number of alkyl halides is 1. The molecule has 0 bridgehead atoms. The molecule has 3 heteroatoms. The molecule has 0 fully saturated rings. The van der Waals surface area contributed by atoms with Crippen LogP contribution in [0.25, 0.3) is 0 Å². The van der Waals surface area contributed by atoms with Crippen LogP contribution in [-0.2, 0) is 6.42 Å². The first-order valence-corrected chi connectivity index (χ1v) is 7.30. The maximum Gasteiger partial charge on any atom is 0.120 e. The summed E-state index contributed by atoms with van der Waals surface area (Å²) in [6, 6.07) is 12.1. The van der Waals surface area contributed by atoms with E-state index in [4.69, 9.17) is 16.3 Å². The van der Waals surface area contributed by atoms with Crippen LogP contribution in [0, 0.1) is 6.92 Å². The molecule has 2 rings (SSSR count). The van der Waals surface area contributed by atoms with Crippen molar-refractivity contribution in [2.45, 2.75) is 38.7 Å². The van der Waals surface area contributed by atoms with Crippen molar-refractivity contribution in [3.05, 3.63) is 59.4 Å². The van der Waals surface area contributed by atoms with Gasteiger partial charge in [-0.1, -0.05) is 18.2 Å². The van der Waals surface area contributed by atoms with Gasteiger partial charge < -0.3 is 4.74 Å². The summed E-state index contributed by atoms with van der Waals surface area (Å²) in [5.41, 5.74) is 3.23. The molecule has 20 heavy (non-hydrogen) atoms. The van der Waals surface area contributed by atoms with Gasteiger partial charge in [0.2, 0.25) is 0 Å². The first-order valence-electron chi connectivity index (χ1n) is 6.87. The summed E-state index contributed by atoms with van der Waals surface area (Å²) in [4.78, 5) is 4.40. The third kappa shape index (κ3) is 4.24. The Labute approximate surface area is 125 Å². The Morgan fingerprint density at radius 2 is 2.00 bits per heavy atom. The number of pyridine rings is 1. The second-order valence-electron chi connectivity index (χ2n) is 5.24. The van der Waals surface area contributed by atoms with Crippen LogP contribution in [0.3, 0.4) is 0 Å². The summed E-state index contributed by atoms with van der Waals surface area (Å²) >= 11 is 6.49. The van der Waals surface area contributed by atoms with Crippen molar-refractivity contribution in [2.75, 3.05) is 0 Å². The summed E-state index contributed by atoms with van der Waals surface area (Å²) < 4.78 is 5.70. The Balaban J connectivity index is 2.08. The van der Waals surface area contributed by atoms with Crippen LogP contribution < -0.4 is 4.74 Å². The third-order valence-electron chi connectivity index (χ3n) is 2.95. The Morgan fingerprint density at radius 1 is 1.20 bits per heavy atom. The fourth-order valence-corrected chi connectivity index (χ4v) is 2.27. The molecule has 2 nitrogen and oxygen atoms in total. The average molecular weight is 290 g/mol. The molecule has 2 aromatic rings. The van der Waals surface area contributed by atoms with Crippen molar-refractivity contribution in [1.29, 1.82) is 0 Å². The molecular formula is C17H20ClNO. The predicted molar refractivity (Wildman–Crippen MR) is 83.5 cm³/mol. The van der Waals surface area contributed by atoms with Crippen molar-refractivity contribution >= 4 is 11.6 Å². The number of hydrogen-bond acceptors (Lipinski definition) is 2. The smallest absolute Gasteiger partial charge is 0.120 e. The van der Waals surface area contributed by atoms with E-state index >= 15 is 0 Å². The molecule has 1 aromatic heterocycles. The highest BCUT2D eigenvalue weighted by Crippen LogP contribution is 2.27. The standard InChI is InChI=1S/C17H20ClNO/c1-12(2)20-16-6-4-5-14(9-16)17(18)10-15-8-7-13(3)11-19-15/h4-9,11-12,17H,10H2,1-3H3. The fraction of sp³-hybridized carbons (Fsp3) is 0.353. The highest BCUT2D eigenvalue weighted by atomic mass is 35.5. The molecule has 0 aliphatic carbocycles. The van der Waals surface area contributed by atoms with Gasteiger partial charge in [0, 0.05) is 18.3 Å². The zero-order chi connectivity index (χ0) is 14.5. The maximum atomic E-state index is 6.49. The lowest BCUT2D eigenvalue weighted by Gasteiger charge is -2.13. The second-order valence-corrected chi connectivity index (χ2v) is 5.76. The van der Waals surface area contributed by atoms with E-state index in [1.54, 1.807) is 0 Å². The summed E-state index contributed by atoms with van der Waals surface area (Å²) in [6.07, 6.45) is 2.75. The van der Waals surface area contributed by atoms with E-state index in [1.807, 2.05) is 57.3 Å². The lowest BCUT2D eigenvalue weighted by molar-refractivity contribution is 0.242. The molecule has 0 saturated heterocycles. The van der Waals surface area contributed by atoms with Gasteiger partial charge in [-0.25, -0.2) is 0 Å². The van der Waals surface area contributed by atoms with Gasteiger partial charge in [0.05, 0.1) is 11.5 Å². The number of ether oxygens (including phenoxy) is 1. The zero-order valence-electron chi connectivity index (χ0n) is 12.1. The molecule has 0 N–H and O–H groups in total. The normalized spacial score (nSPS) is 12.4. The van der Waals surface area contributed by atoms with Crippen LogP contribution >= 0.6 is 11.6 Å². The van der Waals surface area contributed by atoms with E-state index < -0.39 is 0 Å². The van der Waals surface area contributed by atoms with Crippen LogP contribution in [-0.4, -0.2) is 11.1 Å². The Kier molecular flexibility index (Phi) is 5.02. The molecule has 1 heterocycles. The summed E-state index contributed by atoms with van der Waals surface area (Å²) in [6.45, 7) is 6.06. The van der Waals surface area contributed by atoms with Crippen LogP contribution in [0.5, 0.6) is 5.75 Å². The van der Waals surface area contributed by atoms with Gasteiger partial charge in [0.15, 0.2) is 0 Å². The van der Waals surface area contributed by atoms with Crippen molar-refractivity contribution in [3.8, 4) is 5.75 Å². The van der Waals surface area contributed by atoms with E-state index in [0.717, 1.165) is 22.6 Å². The van der Waals surface area contributed by atoms with Crippen LogP contribution in [0.4, 0.5) is 0 Å². The molecule has 1 aromatic carbocycles. The van der Waals surface area contributed by atoms with Crippen LogP contribution in [0.15, 0.2) is 42.6 Å². The topological polar surface area (TPSA) is 22.1 Å². The largest absolute Gasteiger partial charge is 0.491 e. The SMILES string of the molecule is Cc1ccc(CC(Cl)c2cccc(OC(C)C)c2)nc1. The van der Waals surface area contributed by atoms with Gasteiger partial charge in [-0.3, -0.25) is 4.98 Å². The number of benzene rings is 1. The number of aromatic nitrogens is 1. The molecule has 0 radical (unpaired) electrons. The van der Waals surface area contributed by atoms with Gasteiger partial charge in [0.25, 0.3) is 0 Å². The van der Waals surface area contributed by atoms with Crippen LogP contribution in [0.1, 0.15) is 36.0 Å². The van der Waals surface area contributed by atoms with E-state index in [-0.39, 0.29) is 11.5 Å². The number of hydrogen-bond donors (Lipinski definition) is 0. The number of aryl methyl sites for hydroxylation is 1. The number of rotatable bonds is 5. The van der Waals surface area contributed by atoms with Gasteiger partial charge in [-0.2, -0.15) is 0 Å². The quantitative estimate of drug-likeness (QED) is 0.744. The Morgan fingerprint density at radius 3 is 2.65 bits per heavy atom. The van der Waals surface area contributed by atoms with Crippen molar-refractivity contribution < 1.29 is 4.74 Å². The van der Waals surface area contributed by atoms with E-state index in [1.165, 1.54) is 0 Å². The highest BCUT2D eigenvalue weighted by Gasteiger charge is 2.11. The molecule has 0 saturated carbocycles. The van der Waals surface area contributed by atoms with E-state index in [9.17, 15) is 0 Å². The molecular weight excluding hydrogens is 270 g/mol. The van der Waals surface area contributed by atoms with Crippen molar-refractivity contribution in [2.24, 2.45) is 0 Å². The van der Waals surface area contributed by atoms with Gasteiger partial charge in [-0.15, -0.1) is 11.6 Å². The van der Waals surface area contributed by atoms with E-state index in [2.05, 4.69) is 11.1 Å². The zero-order valence-corrected chi connectivity index (χ0v) is 12.9. The minimum Gasteiger partial charge on any atom is -0.491 e. The molecule has 0 aliphatic heterocycles. The molecule has 1 unspecified atom stereocenters. The maximum absolute atomic E-state index is 6.49. The first kappa shape index (κ1) is 14.9. The van der Waals surface area contributed by atoms with Gasteiger partial charge >= 0.3 is 0 Å².